The zero-order chi connectivity index (χ0) is 15.2. The summed E-state index contributed by atoms with van der Waals surface area (Å²) >= 11 is 6.88. The van der Waals surface area contributed by atoms with Gasteiger partial charge in [0.15, 0.2) is 0 Å². The summed E-state index contributed by atoms with van der Waals surface area (Å²) in [5.74, 6) is -0.294. The van der Waals surface area contributed by atoms with Gasteiger partial charge in [-0.2, -0.15) is 0 Å². The maximum absolute atomic E-state index is 10.5. The Balaban J connectivity index is 2.15. The average molecular weight is 412 g/mol. The highest BCUT2D eigenvalue weighted by Gasteiger charge is 2.08. The van der Waals surface area contributed by atoms with E-state index in [1.165, 1.54) is 6.08 Å². The van der Waals surface area contributed by atoms with Gasteiger partial charge in [0.2, 0.25) is 0 Å². The maximum atomic E-state index is 10.5. The molecule has 0 radical (unpaired) electrons. The standard InChI is InChI=1S/C16H12Br2O3/c17-13-8-12(6-7-15(19)20)9-14(18)16(13)21-10-11-4-2-1-3-5-11/h1-9H,10H2,(H,19,20). The van der Waals surface area contributed by atoms with Crippen LogP contribution in [-0.4, -0.2) is 11.1 Å². The van der Waals surface area contributed by atoms with Crippen molar-refractivity contribution in [1.82, 2.24) is 0 Å². The SMILES string of the molecule is O=C(O)C=Cc1cc(Br)c(OCc2ccccc2)c(Br)c1. The van der Waals surface area contributed by atoms with Gasteiger partial charge in [-0.15, -0.1) is 0 Å². The molecule has 0 saturated heterocycles. The van der Waals surface area contributed by atoms with Gasteiger partial charge in [-0.3, -0.25) is 0 Å². The Kier molecular flexibility index (Phi) is 5.59. The second-order valence-electron chi connectivity index (χ2n) is 4.26. The summed E-state index contributed by atoms with van der Waals surface area (Å²) in [6.45, 7) is 0.461. The molecule has 0 amide bonds. The number of halogens is 2. The fourth-order valence-corrected chi connectivity index (χ4v) is 3.16. The minimum absolute atomic E-state index is 0.461. The van der Waals surface area contributed by atoms with Crippen molar-refractivity contribution in [2.24, 2.45) is 0 Å². The lowest BCUT2D eigenvalue weighted by atomic mass is 10.2. The lowest BCUT2D eigenvalue weighted by Crippen LogP contribution is -1.97. The molecule has 0 aliphatic carbocycles. The zero-order valence-electron chi connectivity index (χ0n) is 10.9. The van der Waals surface area contributed by atoms with Crippen LogP contribution >= 0.6 is 31.9 Å². The number of hydrogen-bond acceptors (Lipinski definition) is 2. The quantitative estimate of drug-likeness (QED) is 0.712. The second kappa shape index (κ2) is 7.43. The summed E-state index contributed by atoms with van der Waals surface area (Å²) in [7, 11) is 0. The summed E-state index contributed by atoms with van der Waals surface area (Å²) in [5, 5.41) is 8.64. The smallest absolute Gasteiger partial charge is 0.328 e. The molecule has 108 valence electrons. The number of rotatable bonds is 5. The van der Waals surface area contributed by atoms with Gasteiger partial charge >= 0.3 is 5.97 Å². The van der Waals surface area contributed by atoms with Crippen LogP contribution in [0.1, 0.15) is 11.1 Å². The maximum Gasteiger partial charge on any atom is 0.328 e. The van der Waals surface area contributed by atoms with Gasteiger partial charge in [0.05, 0.1) is 8.95 Å². The summed E-state index contributed by atoms with van der Waals surface area (Å²) in [5.41, 5.74) is 1.84. The number of carboxylic acid groups (broad SMARTS) is 1. The Morgan fingerprint density at radius 3 is 2.33 bits per heavy atom. The van der Waals surface area contributed by atoms with E-state index >= 15 is 0 Å². The Labute approximate surface area is 139 Å². The largest absolute Gasteiger partial charge is 0.487 e. The van der Waals surface area contributed by atoms with Gasteiger partial charge in [-0.25, -0.2) is 4.79 Å². The van der Waals surface area contributed by atoms with Crippen LogP contribution in [0, 0.1) is 0 Å². The summed E-state index contributed by atoms with van der Waals surface area (Å²) in [4.78, 5) is 10.5. The van der Waals surface area contributed by atoms with Gasteiger partial charge < -0.3 is 9.84 Å². The molecule has 0 saturated carbocycles. The number of carboxylic acids is 1. The molecule has 0 aliphatic heterocycles. The fourth-order valence-electron chi connectivity index (χ4n) is 1.71. The highest BCUT2D eigenvalue weighted by atomic mass is 79.9. The molecular formula is C16H12Br2O3. The monoisotopic (exact) mass is 410 g/mol. The van der Waals surface area contributed by atoms with Crippen LogP contribution in [-0.2, 0) is 11.4 Å². The molecule has 0 fully saturated rings. The Bertz CT molecular complexity index is 643. The van der Waals surface area contributed by atoms with Crippen LogP contribution in [0.25, 0.3) is 6.08 Å². The van der Waals surface area contributed by atoms with Crippen LogP contribution in [0.3, 0.4) is 0 Å². The van der Waals surface area contributed by atoms with Crippen LogP contribution in [0.5, 0.6) is 5.75 Å². The molecule has 21 heavy (non-hydrogen) atoms. The molecule has 0 heterocycles. The highest BCUT2D eigenvalue weighted by Crippen LogP contribution is 2.35. The zero-order valence-corrected chi connectivity index (χ0v) is 14.1. The Morgan fingerprint density at radius 1 is 1.14 bits per heavy atom. The van der Waals surface area contributed by atoms with Gasteiger partial charge in [0, 0.05) is 6.08 Å². The lowest BCUT2D eigenvalue weighted by molar-refractivity contribution is -0.131. The molecule has 2 rings (SSSR count). The van der Waals surface area contributed by atoms with Gasteiger partial charge in [0.1, 0.15) is 12.4 Å². The van der Waals surface area contributed by atoms with Crippen LogP contribution in [0.15, 0.2) is 57.5 Å². The van der Waals surface area contributed by atoms with E-state index in [0.717, 1.165) is 26.1 Å². The molecule has 2 aromatic carbocycles. The first-order valence-corrected chi connectivity index (χ1v) is 7.71. The van der Waals surface area contributed by atoms with Crippen molar-refractivity contribution < 1.29 is 14.6 Å². The van der Waals surface area contributed by atoms with Crippen molar-refractivity contribution in [2.45, 2.75) is 6.61 Å². The number of carbonyl (C=O) groups is 1. The Hall–Kier alpha value is -1.59. The molecule has 0 unspecified atom stereocenters. The molecular weight excluding hydrogens is 400 g/mol. The first kappa shape index (κ1) is 15.8. The van der Waals surface area contributed by atoms with Gasteiger partial charge in [0.25, 0.3) is 0 Å². The van der Waals surface area contributed by atoms with Crippen LogP contribution in [0.2, 0.25) is 0 Å². The minimum Gasteiger partial charge on any atom is -0.487 e. The summed E-state index contributed by atoms with van der Waals surface area (Å²) < 4.78 is 7.32. The Morgan fingerprint density at radius 2 is 1.76 bits per heavy atom. The topological polar surface area (TPSA) is 46.5 Å². The second-order valence-corrected chi connectivity index (χ2v) is 5.97. The molecule has 5 heteroatoms. The lowest BCUT2D eigenvalue weighted by Gasteiger charge is -2.11. The van der Waals surface area contributed by atoms with E-state index in [1.807, 2.05) is 42.5 Å². The summed E-state index contributed by atoms with van der Waals surface area (Å²) in [6.07, 6.45) is 2.62. The molecule has 0 aliphatic rings. The van der Waals surface area contributed by atoms with Crippen molar-refractivity contribution in [3.63, 3.8) is 0 Å². The van der Waals surface area contributed by atoms with E-state index in [4.69, 9.17) is 9.84 Å². The normalized spacial score (nSPS) is 10.8. The van der Waals surface area contributed by atoms with E-state index in [-0.39, 0.29) is 0 Å². The third kappa shape index (κ3) is 4.72. The van der Waals surface area contributed by atoms with Crippen molar-refractivity contribution >= 4 is 43.9 Å². The average Bonchev–Trinajstić information content (AvgIpc) is 2.45. The van der Waals surface area contributed by atoms with E-state index in [9.17, 15) is 4.79 Å². The number of aliphatic carboxylic acids is 1. The van der Waals surface area contributed by atoms with Gasteiger partial charge in [-0.05, 0) is 61.2 Å². The van der Waals surface area contributed by atoms with E-state index in [2.05, 4.69) is 31.9 Å². The molecule has 2 aromatic rings. The third-order valence-corrected chi connectivity index (χ3v) is 3.84. The number of benzene rings is 2. The summed E-state index contributed by atoms with van der Waals surface area (Å²) in [6, 6.07) is 13.5. The van der Waals surface area contributed by atoms with Crippen molar-refractivity contribution in [3.05, 3.63) is 68.6 Å². The van der Waals surface area contributed by atoms with Gasteiger partial charge in [-0.1, -0.05) is 30.3 Å². The third-order valence-electron chi connectivity index (χ3n) is 2.66. The first-order valence-electron chi connectivity index (χ1n) is 6.13. The highest BCUT2D eigenvalue weighted by molar-refractivity contribution is 9.11. The molecule has 0 aromatic heterocycles. The minimum atomic E-state index is -0.980. The molecule has 1 N–H and O–H groups in total. The predicted octanol–water partition coefficient (Wildman–Crippen LogP) is 4.89. The number of hydrogen-bond donors (Lipinski definition) is 1. The van der Waals surface area contributed by atoms with Crippen molar-refractivity contribution in [2.75, 3.05) is 0 Å². The molecule has 0 spiro atoms. The van der Waals surface area contributed by atoms with Crippen molar-refractivity contribution in [3.8, 4) is 5.75 Å². The van der Waals surface area contributed by atoms with E-state index in [1.54, 1.807) is 0 Å². The number of ether oxygens (including phenoxy) is 1. The fraction of sp³-hybridized carbons (Fsp3) is 0.0625. The van der Waals surface area contributed by atoms with Crippen molar-refractivity contribution in [1.29, 1.82) is 0 Å². The first-order chi connectivity index (χ1) is 10.1. The molecule has 0 bridgehead atoms. The van der Waals surface area contributed by atoms with E-state index in [0.29, 0.717) is 12.4 Å². The van der Waals surface area contributed by atoms with Crippen LogP contribution < -0.4 is 4.74 Å². The molecule has 3 nitrogen and oxygen atoms in total. The predicted molar refractivity (Wildman–Crippen MR) is 89.3 cm³/mol. The molecule has 0 atom stereocenters. The van der Waals surface area contributed by atoms with E-state index < -0.39 is 5.97 Å². The van der Waals surface area contributed by atoms with Crippen LogP contribution in [0.4, 0.5) is 0 Å².